The summed E-state index contributed by atoms with van der Waals surface area (Å²) < 4.78 is 7.01. The first kappa shape index (κ1) is 18.9. The molecular formula is C22H23N3O2S. The monoisotopic (exact) mass is 393 g/mol. The average Bonchev–Trinajstić information content (AvgIpc) is 3.06. The molecule has 0 amide bonds. The number of hydrogen-bond donors (Lipinski definition) is 0. The smallest absolute Gasteiger partial charge is 0.262 e. The van der Waals surface area contributed by atoms with E-state index in [9.17, 15) is 10.1 Å². The van der Waals surface area contributed by atoms with Crippen molar-refractivity contribution in [1.82, 2.24) is 9.55 Å². The molecule has 6 heteroatoms. The summed E-state index contributed by atoms with van der Waals surface area (Å²) in [7, 11) is 1.66. The van der Waals surface area contributed by atoms with Crippen molar-refractivity contribution in [3.63, 3.8) is 0 Å². The van der Waals surface area contributed by atoms with E-state index < -0.39 is 0 Å². The summed E-state index contributed by atoms with van der Waals surface area (Å²) in [5.41, 5.74) is 2.76. The Morgan fingerprint density at radius 2 is 2.29 bits per heavy atom. The molecule has 1 unspecified atom stereocenters. The highest BCUT2D eigenvalue weighted by atomic mass is 32.1. The van der Waals surface area contributed by atoms with Crippen LogP contribution in [0.5, 0.6) is 0 Å². The minimum Gasteiger partial charge on any atom is -0.384 e. The molecule has 2 aromatic heterocycles. The lowest BCUT2D eigenvalue weighted by molar-refractivity contribution is 0.199. The highest BCUT2D eigenvalue weighted by molar-refractivity contribution is 7.18. The van der Waals surface area contributed by atoms with Crippen LogP contribution in [0.4, 0.5) is 0 Å². The number of methoxy groups -OCH3 is 1. The molecule has 0 radical (unpaired) electrons. The molecule has 1 aromatic carbocycles. The van der Waals surface area contributed by atoms with Gasteiger partial charge in [-0.25, -0.2) is 4.98 Å². The van der Waals surface area contributed by atoms with E-state index in [0.29, 0.717) is 31.1 Å². The number of aromatic nitrogens is 2. The van der Waals surface area contributed by atoms with Crippen LogP contribution in [0.3, 0.4) is 0 Å². The Labute approximate surface area is 168 Å². The van der Waals surface area contributed by atoms with E-state index in [1.807, 2.05) is 18.2 Å². The highest BCUT2D eigenvalue weighted by Gasteiger charge is 2.24. The second-order valence-corrected chi connectivity index (χ2v) is 8.59. The van der Waals surface area contributed by atoms with Gasteiger partial charge in [0.15, 0.2) is 0 Å². The van der Waals surface area contributed by atoms with E-state index in [4.69, 9.17) is 9.72 Å². The number of nitriles is 1. The largest absolute Gasteiger partial charge is 0.384 e. The third-order valence-corrected chi connectivity index (χ3v) is 6.57. The van der Waals surface area contributed by atoms with Gasteiger partial charge in [-0.3, -0.25) is 9.36 Å². The lowest BCUT2D eigenvalue weighted by Crippen LogP contribution is -2.27. The van der Waals surface area contributed by atoms with Crippen molar-refractivity contribution in [1.29, 1.82) is 5.26 Å². The maximum absolute atomic E-state index is 13.5. The van der Waals surface area contributed by atoms with Crippen LogP contribution in [0.1, 0.15) is 40.7 Å². The first-order valence-electron chi connectivity index (χ1n) is 9.62. The molecule has 0 N–H and O–H groups in total. The van der Waals surface area contributed by atoms with Crippen LogP contribution < -0.4 is 5.56 Å². The standard InChI is InChI=1S/C22H23N3O2S/c1-14-6-7-17-18(10-14)28-21-20(17)22(26)25(19(24-21)8-9-27-2)13-16-5-3-4-15(11-16)12-23/h3-5,11,14H,6-10,13H2,1-2H3. The van der Waals surface area contributed by atoms with Crippen molar-refractivity contribution in [2.24, 2.45) is 5.92 Å². The van der Waals surface area contributed by atoms with Gasteiger partial charge in [0.1, 0.15) is 10.7 Å². The molecule has 0 bridgehead atoms. The number of fused-ring (bicyclic) bond motifs is 3. The van der Waals surface area contributed by atoms with Crippen LogP contribution >= 0.6 is 11.3 Å². The van der Waals surface area contributed by atoms with Crippen LogP contribution in [0.2, 0.25) is 0 Å². The van der Waals surface area contributed by atoms with Gasteiger partial charge in [0.05, 0.1) is 30.2 Å². The van der Waals surface area contributed by atoms with E-state index in [0.717, 1.165) is 40.9 Å². The number of hydrogen-bond acceptors (Lipinski definition) is 5. The molecule has 0 fully saturated rings. The van der Waals surface area contributed by atoms with Gasteiger partial charge in [-0.1, -0.05) is 19.1 Å². The quantitative estimate of drug-likeness (QED) is 0.663. The first-order valence-corrected chi connectivity index (χ1v) is 10.4. The fourth-order valence-electron chi connectivity index (χ4n) is 3.93. The Morgan fingerprint density at radius 3 is 3.07 bits per heavy atom. The minimum atomic E-state index is 0.0329. The molecule has 5 nitrogen and oxygen atoms in total. The number of rotatable bonds is 5. The first-order chi connectivity index (χ1) is 13.6. The molecule has 0 aliphatic heterocycles. The van der Waals surface area contributed by atoms with Gasteiger partial charge in [0.25, 0.3) is 5.56 Å². The van der Waals surface area contributed by atoms with Crippen molar-refractivity contribution in [2.45, 2.75) is 39.2 Å². The zero-order valence-corrected chi connectivity index (χ0v) is 17.0. The minimum absolute atomic E-state index is 0.0329. The maximum Gasteiger partial charge on any atom is 0.262 e. The van der Waals surface area contributed by atoms with Crippen molar-refractivity contribution in [2.75, 3.05) is 13.7 Å². The summed E-state index contributed by atoms with van der Waals surface area (Å²) in [6.45, 7) is 3.20. The SMILES string of the molecule is COCCc1nc2sc3c(c2c(=O)n1Cc1cccc(C#N)c1)CCC(C)C3. The Hall–Kier alpha value is -2.49. The summed E-state index contributed by atoms with van der Waals surface area (Å²) >= 11 is 1.68. The van der Waals surface area contributed by atoms with E-state index in [1.165, 1.54) is 10.4 Å². The number of aryl methyl sites for hydroxylation is 1. The van der Waals surface area contributed by atoms with Gasteiger partial charge in [-0.15, -0.1) is 11.3 Å². The lowest BCUT2D eigenvalue weighted by Gasteiger charge is -2.18. The Kier molecular flexibility index (Phi) is 5.29. The summed E-state index contributed by atoms with van der Waals surface area (Å²) in [5.74, 6) is 1.40. The normalized spacial score (nSPS) is 16.1. The zero-order valence-electron chi connectivity index (χ0n) is 16.2. The number of nitrogens with zero attached hydrogens (tertiary/aromatic N) is 3. The van der Waals surface area contributed by atoms with E-state index in [-0.39, 0.29) is 5.56 Å². The number of benzene rings is 1. The summed E-state index contributed by atoms with van der Waals surface area (Å²) in [6.07, 6.45) is 3.69. The van der Waals surface area contributed by atoms with Crippen LogP contribution in [0.15, 0.2) is 29.1 Å². The van der Waals surface area contributed by atoms with Crippen molar-refractivity contribution in [3.8, 4) is 6.07 Å². The molecule has 3 aromatic rings. The van der Waals surface area contributed by atoms with Crippen molar-refractivity contribution < 1.29 is 4.74 Å². The van der Waals surface area contributed by atoms with E-state index >= 15 is 0 Å². The van der Waals surface area contributed by atoms with Crippen LogP contribution in [0, 0.1) is 17.2 Å². The van der Waals surface area contributed by atoms with Crippen LogP contribution in [-0.2, 0) is 30.5 Å². The molecule has 2 heterocycles. The molecule has 1 aliphatic carbocycles. The fourth-order valence-corrected chi connectivity index (χ4v) is 5.33. The van der Waals surface area contributed by atoms with Gasteiger partial charge < -0.3 is 4.74 Å². The third-order valence-electron chi connectivity index (χ3n) is 5.42. The van der Waals surface area contributed by atoms with Gasteiger partial charge in [0, 0.05) is 18.4 Å². The Morgan fingerprint density at radius 1 is 1.43 bits per heavy atom. The predicted octanol–water partition coefficient (Wildman–Crippen LogP) is 3.69. The van der Waals surface area contributed by atoms with Gasteiger partial charge in [-0.2, -0.15) is 5.26 Å². The third kappa shape index (κ3) is 3.48. The second kappa shape index (κ2) is 7.86. The molecule has 1 atom stereocenters. The van der Waals surface area contributed by atoms with Gasteiger partial charge in [-0.05, 0) is 48.4 Å². The van der Waals surface area contributed by atoms with E-state index in [1.54, 1.807) is 29.1 Å². The average molecular weight is 394 g/mol. The Bertz CT molecular complexity index is 1120. The lowest BCUT2D eigenvalue weighted by atomic mass is 9.89. The van der Waals surface area contributed by atoms with Crippen LogP contribution in [0.25, 0.3) is 10.2 Å². The van der Waals surface area contributed by atoms with Crippen LogP contribution in [-0.4, -0.2) is 23.3 Å². The fraction of sp³-hybridized carbons (Fsp3) is 0.409. The number of thiophene rings is 1. The molecule has 144 valence electrons. The molecular weight excluding hydrogens is 370 g/mol. The molecule has 1 aliphatic rings. The van der Waals surface area contributed by atoms with E-state index in [2.05, 4.69) is 13.0 Å². The summed E-state index contributed by atoms with van der Waals surface area (Å²) in [5, 5.41) is 9.97. The van der Waals surface area contributed by atoms with Crippen molar-refractivity contribution in [3.05, 3.63) is 62.0 Å². The number of ether oxygens (including phenoxy) is 1. The van der Waals surface area contributed by atoms with Gasteiger partial charge >= 0.3 is 0 Å². The zero-order chi connectivity index (χ0) is 19.7. The van der Waals surface area contributed by atoms with Crippen molar-refractivity contribution >= 4 is 21.6 Å². The second-order valence-electron chi connectivity index (χ2n) is 7.51. The van der Waals surface area contributed by atoms with Gasteiger partial charge in [0.2, 0.25) is 0 Å². The topological polar surface area (TPSA) is 67.9 Å². The maximum atomic E-state index is 13.5. The molecule has 0 saturated carbocycles. The molecule has 4 rings (SSSR count). The Balaban J connectivity index is 1.86. The molecule has 0 saturated heterocycles. The molecule has 28 heavy (non-hydrogen) atoms. The highest BCUT2D eigenvalue weighted by Crippen LogP contribution is 2.35. The summed E-state index contributed by atoms with van der Waals surface area (Å²) in [6, 6.07) is 9.58. The molecule has 0 spiro atoms. The predicted molar refractivity (Wildman–Crippen MR) is 111 cm³/mol. The summed E-state index contributed by atoms with van der Waals surface area (Å²) in [4.78, 5) is 20.6.